The summed E-state index contributed by atoms with van der Waals surface area (Å²) < 4.78 is 12.8. The quantitative estimate of drug-likeness (QED) is 0.336. The first-order valence-electron chi connectivity index (χ1n) is 9.93. The van der Waals surface area contributed by atoms with Gasteiger partial charge < -0.3 is 9.26 Å². The Bertz CT molecular complexity index is 1190. The molecule has 4 rings (SSSR count). The Balaban J connectivity index is 1.58. The van der Waals surface area contributed by atoms with Gasteiger partial charge in [0.1, 0.15) is 5.75 Å². The van der Waals surface area contributed by atoms with Gasteiger partial charge in [-0.05, 0) is 57.4 Å². The molecule has 0 bridgehead atoms. The minimum Gasteiger partial charge on any atom is -0.497 e. The van der Waals surface area contributed by atoms with E-state index in [-0.39, 0.29) is 6.04 Å². The predicted molar refractivity (Wildman–Crippen MR) is 124 cm³/mol. The third-order valence-corrected chi connectivity index (χ3v) is 6.18. The van der Waals surface area contributed by atoms with Crippen LogP contribution in [0.3, 0.4) is 0 Å². The van der Waals surface area contributed by atoms with Gasteiger partial charge in [0.15, 0.2) is 11.0 Å². The van der Waals surface area contributed by atoms with Crippen LogP contribution in [0.25, 0.3) is 17.1 Å². The molecule has 0 amide bonds. The van der Waals surface area contributed by atoms with Crippen LogP contribution in [-0.4, -0.2) is 51.0 Å². The number of methoxy groups -OCH3 is 1. The van der Waals surface area contributed by atoms with E-state index >= 15 is 0 Å². The van der Waals surface area contributed by atoms with Crippen LogP contribution in [-0.2, 0) is 5.75 Å². The molecule has 8 nitrogen and oxygen atoms in total. The number of ether oxygens (including phenoxy) is 1. The molecule has 0 fully saturated rings. The van der Waals surface area contributed by atoms with Gasteiger partial charge in [0, 0.05) is 16.3 Å². The maximum absolute atomic E-state index is 6.09. The van der Waals surface area contributed by atoms with E-state index in [4.69, 9.17) is 20.9 Å². The van der Waals surface area contributed by atoms with Gasteiger partial charge in [-0.15, -0.1) is 10.2 Å². The number of hydrogen-bond acceptors (Lipinski definition) is 8. The lowest BCUT2D eigenvalue weighted by Crippen LogP contribution is -2.20. The summed E-state index contributed by atoms with van der Waals surface area (Å²) in [5.74, 6) is 3.05. The van der Waals surface area contributed by atoms with E-state index in [1.165, 1.54) is 11.8 Å². The van der Waals surface area contributed by atoms with Crippen LogP contribution in [0.15, 0.2) is 58.2 Å². The summed E-state index contributed by atoms with van der Waals surface area (Å²) in [4.78, 5) is 6.60. The molecule has 2 aromatic carbocycles. The normalized spacial score (nSPS) is 12.3. The molecule has 0 radical (unpaired) electrons. The van der Waals surface area contributed by atoms with E-state index in [1.807, 2.05) is 67.2 Å². The average Bonchev–Trinajstić information content (AvgIpc) is 3.45. The molecule has 0 aliphatic rings. The number of thioether (sulfide) groups is 1. The second-order valence-corrected chi connectivity index (χ2v) is 8.70. The third kappa shape index (κ3) is 4.79. The molecule has 2 aromatic heterocycles. The molecular formula is C22H23ClN6O2S. The van der Waals surface area contributed by atoms with Crippen LogP contribution < -0.4 is 4.74 Å². The highest BCUT2D eigenvalue weighted by atomic mass is 35.5. The lowest BCUT2D eigenvalue weighted by atomic mass is 10.2. The standard InChI is InChI=1S/C22H23ClN6O2S/c1-14(28(2)3)21-25-26-22(29(21)17-10-8-16(23)9-11-17)32-13-19-24-20(27-31-19)15-6-5-7-18(12-15)30-4/h5-12,14H,13H2,1-4H3. The molecule has 0 aliphatic heterocycles. The topological polar surface area (TPSA) is 82.1 Å². The molecule has 166 valence electrons. The van der Waals surface area contributed by atoms with Crippen LogP contribution in [0, 0.1) is 0 Å². The summed E-state index contributed by atoms with van der Waals surface area (Å²) in [6.07, 6.45) is 0. The molecule has 0 aliphatic carbocycles. The molecule has 32 heavy (non-hydrogen) atoms. The molecule has 0 saturated heterocycles. The van der Waals surface area contributed by atoms with Gasteiger partial charge in [0.05, 0.1) is 18.9 Å². The zero-order valence-electron chi connectivity index (χ0n) is 18.2. The Kier molecular flexibility index (Phi) is 6.78. The second-order valence-electron chi connectivity index (χ2n) is 7.32. The van der Waals surface area contributed by atoms with Crippen molar-refractivity contribution in [1.29, 1.82) is 0 Å². The molecule has 2 heterocycles. The monoisotopic (exact) mass is 470 g/mol. The van der Waals surface area contributed by atoms with E-state index in [2.05, 4.69) is 32.2 Å². The van der Waals surface area contributed by atoms with Gasteiger partial charge in [-0.2, -0.15) is 4.98 Å². The lowest BCUT2D eigenvalue weighted by molar-refractivity contribution is 0.305. The van der Waals surface area contributed by atoms with E-state index < -0.39 is 0 Å². The summed E-state index contributed by atoms with van der Waals surface area (Å²) in [6.45, 7) is 2.09. The second kappa shape index (κ2) is 9.72. The minimum absolute atomic E-state index is 0.0654. The van der Waals surface area contributed by atoms with Crippen LogP contribution in [0.2, 0.25) is 5.02 Å². The van der Waals surface area contributed by atoms with Crippen LogP contribution in [0.1, 0.15) is 24.7 Å². The first-order chi connectivity index (χ1) is 15.5. The van der Waals surface area contributed by atoms with E-state index in [0.717, 1.165) is 28.0 Å². The Hall–Kier alpha value is -2.88. The Morgan fingerprint density at radius 1 is 1.16 bits per heavy atom. The van der Waals surface area contributed by atoms with Crippen molar-refractivity contribution in [1.82, 2.24) is 29.8 Å². The van der Waals surface area contributed by atoms with Gasteiger partial charge in [-0.25, -0.2) is 0 Å². The number of rotatable bonds is 8. The summed E-state index contributed by atoms with van der Waals surface area (Å²) in [5, 5.41) is 14.4. The van der Waals surface area contributed by atoms with Crippen molar-refractivity contribution in [3.63, 3.8) is 0 Å². The molecule has 1 unspecified atom stereocenters. The summed E-state index contributed by atoms with van der Waals surface area (Å²) >= 11 is 7.57. The Morgan fingerprint density at radius 3 is 2.66 bits per heavy atom. The smallest absolute Gasteiger partial charge is 0.237 e. The summed E-state index contributed by atoms with van der Waals surface area (Å²) in [7, 11) is 5.65. The van der Waals surface area contributed by atoms with Crippen molar-refractivity contribution >= 4 is 23.4 Å². The highest BCUT2D eigenvalue weighted by Gasteiger charge is 2.21. The van der Waals surface area contributed by atoms with Crippen LogP contribution in [0.4, 0.5) is 0 Å². The van der Waals surface area contributed by atoms with Crippen molar-refractivity contribution < 1.29 is 9.26 Å². The summed E-state index contributed by atoms with van der Waals surface area (Å²) in [5.41, 5.74) is 1.77. The van der Waals surface area contributed by atoms with Crippen LogP contribution in [0.5, 0.6) is 5.75 Å². The Labute approximate surface area is 195 Å². The number of halogens is 1. The first-order valence-corrected chi connectivity index (χ1v) is 11.3. The molecule has 0 N–H and O–H groups in total. The maximum atomic E-state index is 6.09. The van der Waals surface area contributed by atoms with Gasteiger partial charge in [0.25, 0.3) is 0 Å². The van der Waals surface area contributed by atoms with Crippen molar-refractivity contribution in [3.05, 3.63) is 65.3 Å². The Morgan fingerprint density at radius 2 is 1.94 bits per heavy atom. The molecule has 4 aromatic rings. The van der Waals surface area contributed by atoms with Gasteiger partial charge in [-0.3, -0.25) is 9.47 Å². The molecule has 0 saturated carbocycles. The van der Waals surface area contributed by atoms with Gasteiger partial charge in [-0.1, -0.05) is 40.7 Å². The number of aromatic nitrogens is 5. The van der Waals surface area contributed by atoms with E-state index in [0.29, 0.717) is 22.5 Å². The van der Waals surface area contributed by atoms with Crippen molar-refractivity contribution in [3.8, 4) is 22.8 Å². The number of benzene rings is 2. The highest BCUT2D eigenvalue weighted by molar-refractivity contribution is 7.98. The van der Waals surface area contributed by atoms with Crippen molar-refractivity contribution in [2.75, 3.05) is 21.2 Å². The average molecular weight is 471 g/mol. The molecule has 0 spiro atoms. The molecule has 10 heteroatoms. The van der Waals surface area contributed by atoms with Gasteiger partial charge >= 0.3 is 0 Å². The van der Waals surface area contributed by atoms with Crippen molar-refractivity contribution in [2.24, 2.45) is 0 Å². The first kappa shape index (κ1) is 22.3. The fraction of sp³-hybridized carbons (Fsp3) is 0.273. The fourth-order valence-electron chi connectivity index (χ4n) is 3.03. The minimum atomic E-state index is 0.0654. The summed E-state index contributed by atoms with van der Waals surface area (Å²) in [6, 6.07) is 15.2. The SMILES string of the molecule is COc1cccc(-c2noc(CSc3nnc(C(C)N(C)C)n3-c3ccc(Cl)cc3)n2)c1. The number of hydrogen-bond donors (Lipinski definition) is 0. The molecule has 1 atom stereocenters. The van der Waals surface area contributed by atoms with Crippen molar-refractivity contribution in [2.45, 2.75) is 23.9 Å². The van der Waals surface area contributed by atoms with E-state index in [1.54, 1.807) is 7.11 Å². The van der Waals surface area contributed by atoms with E-state index in [9.17, 15) is 0 Å². The lowest BCUT2D eigenvalue weighted by Gasteiger charge is -2.20. The highest BCUT2D eigenvalue weighted by Crippen LogP contribution is 2.30. The largest absolute Gasteiger partial charge is 0.497 e. The maximum Gasteiger partial charge on any atom is 0.237 e. The third-order valence-electron chi connectivity index (χ3n) is 5.01. The van der Waals surface area contributed by atoms with Crippen LogP contribution >= 0.6 is 23.4 Å². The predicted octanol–water partition coefficient (Wildman–Crippen LogP) is 4.89. The molecular weight excluding hydrogens is 448 g/mol. The zero-order chi connectivity index (χ0) is 22.7. The number of nitrogens with zero attached hydrogens (tertiary/aromatic N) is 6. The zero-order valence-corrected chi connectivity index (χ0v) is 19.8. The van der Waals surface area contributed by atoms with Gasteiger partial charge in [0.2, 0.25) is 11.7 Å². The fourth-order valence-corrected chi connectivity index (χ4v) is 3.95.